The third-order valence-corrected chi connectivity index (χ3v) is 9.14. The van der Waals surface area contributed by atoms with Crippen LogP contribution in [0.1, 0.15) is 50.1 Å². The molecule has 1 aromatic heterocycles. The van der Waals surface area contributed by atoms with E-state index in [1.54, 1.807) is 12.3 Å². The van der Waals surface area contributed by atoms with Gasteiger partial charge in [-0.05, 0) is 54.8 Å². The van der Waals surface area contributed by atoms with E-state index in [0.717, 1.165) is 22.1 Å². The molecule has 2 aromatic rings. The van der Waals surface area contributed by atoms with Crippen molar-refractivity contribution >= 4 is 18.5 Å². The maximum atomic E-state index is 14.2. The third-order valence-electron chi connectivity index (χ3n) is 4.93. The van der Waals surface area contributed by atoms with Gasteiger partial charge in [0.05, 0.1) is 7.11 Å². The highest BCUT2D eigenvalue weighted by Crippen LogP contribution is 2.66. The van der Waals surface area contributed by atoms with E-state index in [4.69, 9.17) is 4.74 Å². The fourth-order valence-corrected chi connectivity index (χ4v) is 6.50. The molecule has 0 aliphatic heterocycles. The highest BCUT2D eigenvalue weighted by molar-refractivity contribution is 7.75. The van der Waals surface area contributed by atoms with Crippen molar-refractivity contribution in [3.05, 3.63) is 52.8 Å². The number of ether oxygens (including phenoxy) is 1. The Bertz CT molecular complexity index is 871. The number of phenolic OH excluding ortho intramolecular Hbond substituents is 1. The lowest BCUT2D eigenvalue weighted by molar-refractivity contribution is 0.371. The third kappa shape index (κ3) is 4.27. The Kier molecular flexibility index (Phi) is 6.54. The number of phenols is 1. The largest absolute Gasteiger partial charge is 0.504 e. The maximum Gasteiger partial charge on any atom is 0.161 e. The SMILES string of the molecule is COc1cc(/C(=C/c2ccc(C)nc2)P(=O)(C(C)C)C(C)C)cc(C)c1O. The molecule has 0 spiro atoms. The minimum atomic E-state index is -2.74. The van der Waals surface area contributed by atoms with Crippen LogP contribution in [0.2, 0.25) is 0 Å². The molecule has 1 aromatic carbocycles. The Morgan fingerprint density at radius 1 is 1.15 bits per heavy atom. The van der Waals surface area contributed by atoms with Crippen LogP contribution in [0.15, 0.2) is 30.5 Å². The van der Waals surface area contributed by atoms with Gasteiger partial charge in [0, 0.05) is 28.5 Å². The number of nitrogens with zero attached hydrogens (tertiary/aromatic N) is 1. The van der Waals surface area contributed by atoms with Gasteiger partial charge in [0.25, 0.3) is 0 Å². The summed E-state index contributed by atoms with van der Waals surface area (Å²) in [6, 6.07) is 7.58. The zero-order chi connectivity index (χ0) is 20.4. The first-order chi connectivity index (χ1) is 12.6. The summed E-state index contributed by atoms with van der Waals surface area (Å²) in [5.41, 5.74) is 3.32. The Balaban J connectivity index is 2.80. The molecule has 2 rings (SSSR count). The lowest BCUT2D eigenvalue weighted by atomic mass is 10.1. The summed E-state index contributed by atoms with van der Waals surface area (Å²) in [4.78, 5) is 4.36. The van der Waals surface area contributed by atoms with Crippen LogP contribution in [0.4, 0.5) is 0 Å². The first-order valence-corrected chi connectivity index (χ1v) is 11.1. The number of aromatic nitrogens is 1. The molecule has 4 nitrogen and oxygen atoms in total. The molecule has 0 unspecified atom stereocenters. The van der Waals surface area contributed by atoms with E-state index in [9.17, 15) is 9.67 Å². The zero-order valence-electron chi connectivity index (χ0n) is 17.3. The molecular formula is C22H30NO3P. The van der Waals surface area contributed by atoms with Crippen LogP contribution in [-0.2, 0) is 4.57 Å². The standard InChI is InChI=1S/C22H30NO3P/c1-14(2)27(25,15(3)4)21(11-18-9-8-17(6)23-13-18)19-10-16(5)22(24)20(12-19)26-7/h8-15,24H,1-7H3/b21-11-. The van der Waals surface area contributed by atoms with Crippen molar-refractivity contribution in [1.82, 2.24) is 4.98 Å². The molecule has 0 atom stereocenters. The number of aryl methyl sites for hydroxylation is 2. The molecule has 5 heteroatoms. The van der Waals surface area contributed by atoms with E-state index in [-0.39, 0.29) is 17.1 Å². The number of pyridine rings is 1. The normalized spacial score (nSPS) is 12.7. The molecule has 1 heterocycles. The smallest absolute Gasteiger partial charge is 0.161 e. The van der Waals surface area contributed by atoms with Crippen LogP contribution >= 0.6 is 7.14 Å². The predicted molar refractivity (Wildman–Crippen MR) is 114 cm³/mol. The Morgan fingerprint density at radius 2 is 1.78 bits per heavy atom. The van der Waals surface area contributed by atoms with Gasteiger partial charge in [0.2, 0.25) is 0 Å². The topological polar surface area (TPSA) is 59.4 Å². The first kappa shape index (κ1) is 21.2. The van der Waals surface area contributed by atoms with Crippen molar-refractivity contribution in [1.29, 1.82) is 0 Å². The van der Waals surface area contributed by atoms with Gasteiger partial charge in [-0.25, -0.2) is 0 Å². The van der Waals surface area contributed by atoms with Gasteiger partial charge in [-0.3, -0.25) is 4.98 Å². The van der Waals surface area contributed by atoms with Gasteiger partial charge in [-0.2, -0.15) is 0 Å². The van der Waals surface area contributed by atoms with Gasteiger partial charge in [-0.1, -0.05) is 33.8 Å². The van der Waals surface area contributed by atoms with Crippen LogP contribution in [0, 0.1) is 13.8 Å². The summed E-state index contributed by atoms with van der Waals surface area (Å²) in [7, 11) is -1.22. The summed E-state index contributed by atoms with van der Waals surface area (Å²) in [6.07, 6.45) is 3.77. The van der Waals surface area contributed by atoms with Crippen LogP contribution < -0.4 is 4.74 Å². The number of benzene rings is 1. The van der Waals surface area contributed by atoms with Gasteiger partial charge in [0.1, 0.15) is 7.14 Å². The summed E-state index contributed by atoms with van der Waals surface area (Å²) in [6.45, 7) is 11.8. The van der Waals surface area contributed by atoms with Gasteiger partial charge in [-0.15, -0.1) is 0 Å². The van der Waals surface area contributed by atoms with Crippen LogP contribution in [-0.4, -0.2) is 28.5 Å². The van der Waals surface area contributed by atoms with E-state index in [1.807, 2.05) is 65.8 Å². The summed E-state index contributed by atoms with van der Waals surface area (Å²) < 4.78 is 19.5. The molecule has 1 N–H and O–H groups in total. The van der Waals surface area contributed by atoms with Crippen molar-refractivity contribution in [2.75, 3.05) is 7.11 Å². The molecule has 0 aliphatic rings. The number of hydrogen-bond acceptors (Lipinski definition) is 4. The average Bonchev–Trinajstić information content (AvgIpc) is 2.62. The summed E-state index contributed by atoms with van der Waals surface area (Å²) in [5.74, 6) is 0.499. The van der Waals surface area contributed by atoms with Crippen molar-refractivity contribution in [3.63, 3.8) is 0 Å². The maximum absolute atomic E-state index is 14.2. The molecule has 0 fully saturated rings. The fourth-order valence-electron chi connectivity index (χ4n) is 3.31. The Labute approximate surface area is 162 Å². The average molecular weight is 387 g/mol. The Hall–Kier alpha value is -2.06. The molecule has 0 saturated heterocycles. The molecule has 0 bridgehead atoms. The van der Waals surface area contributed by atoms with E-state index in [0.29, 0.717) is 11.3 Å². The molecule has 0 amide bonds. The quantitative estimate of drug-likeness (QED) is 0.609. The molecule has 0 saturated carbocycles. The van der Waals surface area contributed by atoms with Crippen molar-refractivity contribution in [2.24, 2.45) is 0 Å². The van der Waals surface area contributed by atoms with Crippen LogP contribution in [0.25, 0.3) is 11.4 Å². The van der Waals surface area contributed by atoms with Crippen molar-refractivity contribution in [2.45, 2.75) is 52.9 Å². The van der Waals surface area contributed by atoms with E-state index >= 15 is 0 Å². The number of methoxy groups -OCH3 is 1. The van der Waals surface area contributed by atoms with Gasteiger partial charge < -0.3 is 14.4 Å². The molecule has 0 radical (unpaired) electrons. The van der Waals surface area contributed by atoms with E-state index < -0.39 is 7.14 Å². The number of rotatable bonds is 6. The monoisotopic (exact) mass is 387 g/mol. The van der Waals surface area contributed by atoms with Gasteiger partial charge in [0.15, 0.2) is 11.5 Å². The minimum absolute atomic E-state index is 0.0118. The second kappa shape index (κ2) is 8.31. The van der Waals surface area contributed by atoms with Crippen LogP contribution in [0.3, 0.4) is 0 Å². The summed E-state index contributed by atoms with van der Waals surface area (Å²) in [5, 5.41) is 11.0. The molecule has 27 heavy (non-hydrogen) atoms. The molecular weight excluding hydrogens is 357 g/mol. The van der Waals surface area contributed by atoms with Gasteiger partial charge >= 0.3 is 0 Å². The predicted octanol–water partition coefficient (Wildman–Crippen LogP) is 6.09. The van der Waals surface area contributed by atoms with Crippen LogP contribution in [0.5, 0.6) is 11.5 Å². The number of aromatic hydroxyl groups is 1. The first-order valence-electron chi connectivity index (χ1n) is 9.23. The fraction of sp³-hybridized carbons (Fsp3) is 0.409. The Morgan fingerprint density at radius 3 is 2.26 bits per heavy atom. The lowest BCUT2D eigenvalue weighted by Gasteiger charge is -2.30. The second-order valence-electron chi connectivity index (χ2n) is 7.50. The zero-order valence-corrected chi connectivity index (χ0v) is 18.2. The summed E-state index contributed by atoms with van der Waals surface area (Å²) >= 11 is 0. The van der Waals surface area contributed by atoms with Crippen molar-refractivity contribution in [3.8, 4) is 11.5 Å². The lowest BCUT2D eigenvalue weighted by Crippen LogP contribution is -2.10. The highest BCUT2D eigenvalue weighted by atomic mass is 31.2. The highest BCUT2D eigenvalue weighted by Gasteiger charge is 2.35. The van der Waals surface area contributed by atoms with E-state index in [2.05, 4.69) is 4.98 Å². The molecule has 0 aliphatic carbocycles. The number of hydrogen-bond donors (Lipinski definition) is 1. The minimum Gasteiger partial charge on any atom is -0.504 e. The molecule has 146 valence electrons. The van der Waals surface area contributed by atoms with Crippen molar-refractivity contribution < 1.29 is 14.4 Å². The second-order valence-corrected chi connectivity index (χ2v) is 11.5. The van der Waals surface area contributed by atoms with E-state index in [1.165, 1.54) is 7.11 Å².